The lowest BCUT2D eigenvalue weighted by molar-refractivity contribution is -0.904. The molecule has 2 aromatic rings. The molecule has 1 amide bonds. The molecule has 0 aliphatic heterocycles. The number of rotatable bonds is 8. The van der Waals surface area contributed by atoms with Crippen molar-refractivity contribution in [1.82, 2.24) is 15.3 Å². The number of hydrogen-bond acceptors (Lipinski definition) is 5. The van der Waals surface area contributed by atoms with Gasteiger partial charge in [0.1, 0.15) is 6.54 Å². The number of methoxy groups -OCH3 is 2. The number of aromatic amines is 1. The molecule has 3 rings (SSSR count). The Morgan fingerprint density at radius 3 is 2.60 bits per heavy atom. The predicted molar refractivity (Wildman–Crippen MR) is 115 cm³/mol. The molecule has 8 heteroatoms. The van der Waals surface area contributed by atoms with E-state index in [2.05, 4.69) is 22.2 Å². The number of aromatic nitrogens is 2. The summed E-state index contributed by atoms with van der Waals surface area (Å²) in [4.78, 5) is 33.7. The summed E-state index contributed by atoms with van der Waals surface area (Å²) in [5.74, 6) is 2.14. The van der Waals surface area contributed by atoms with Crippen LogP contribution in [-0.2, 0) is 11.3 Å². The topological polar surface area (TPSA) is 97.8 Å². The lowest BCUT2D eigenvalue weighted by atomic mass is 9.86. The molecule has 0 saturated heterocycles. The van der Waals surface area contributed by atoms with Gasteiger partial charge in [-0.25, -0.2) is 4.98 Å². The molecule has 164 valence electrons. The van der Waals surface area contributed by atoms with Crippen LogP contribution in [0.4, 0.5) is 0 Å². The SMILES string of the molecule is CC[NH+](CC(=O)N[C@@H]1CCCC[C@@H]1C)Cc1nc2cc(OC)c(OC)cc2c(=O)[nH]1. The second-order valence-corrected chi connectivity index (χ2v) is 8.13. The Kier molecular flexibility index (Phi) is 7.31. The molecule has 0 radical (unpaired) electrons. The normalized spacial score (nSPS) is 20.0. The summed E-state index contributed by atoms with van der Waals surface area (Å²) in [5, 5.41) is 3.65. The summed E-state index contributed by atoms with van der Waals surface area (Å²) in [6.07, 6.45) is 4.65. The summed E-state index contributed by atoms with van der Waals surface area (Å²) < 4.78 is 10.6. The number of quaternary nitrogens is 1. The molecule has 3 N–H and O–H groups in total. The van der Waals surface area contributed by atoms with Crippen LogP contribution in [0.15, 0.2) is 16.9 Å². The van der Waals surface area contributed by atoms with Gasteiger partial charge in [-0.15, -0.1) is 0 Å². The number of hydrogen-bond donors (Lipinski definition) is 3. The van der Waals surface area contributed by atoms with Crippen LogP contribution in [0.2, 0.25) is 0 Å². The number of amides is 1. The fourth-order valence-corrected chi connectivity index (χ4v) is 4.16. The Labute approximate surface area is 177 Å². The third-order valence-electron chi connectivity index (χ3n) is 6.05. The molecule has 1 saturated carbocycles. The number of nitrogens with zero attached hydrogens (tertiary/aromatic N) is 1. The number of likely N-dealkylation sites (N-methyl/N-ethyl adjacent to an activating group) is 1. The minimum Gasteiger partial charge on any atom is -0.493 e. The highest BCUT2D eigenvalue weighted by Crippen LogP contribution is 2.29. The van der Waals surface area contributed by atoms with Crippen LogP contribution in [-0.4, -0.2) is 49.2 Å². The van der Waals surface area contributed by atoms with Crippen LogP contribution in [0.5, 0.6) is 11.5 Å². The Hall–Kier alpha value is -2.61. The van der Waals surface area contributed by atoms with E-state index in [9.17, 15) is 9.59 Å². The van der Waals surface area contributed by atoms with Crippen molar-refractivity contribution >= 4 is 16.8 Å². The molecule has 1 aliphatic rings. The van der Waals surface area contributed by atoms with Crippen molar-refractivity contribution in [2.45, 2.75) is 52.1 Å². The van der Waals surface area contributed by atoms with Gasteiger partial charge in [-0.05, 0) is 31.7 Å². The molecule has 3 atom stereocenters. The van der Waals surface area contributed by atoms with E-state index in [1.54, 1.807) is 19.2 Å². The highest BCUT2D eigenvalue weighted by atomic mass is 16.5. The van der Waals surface area contributed by atoms with Gasteiger partial charge in [0.15, 0.2) is 23.9 Å². The van der Waals surface area contributed by atoms with Gasteiger partial charge in [0.05, 0.1) is 31.7 Å². The zero-order valence-electron chi connectivity index (χ0n) is 18.3. The third-order valence-corrected chi connectivity index (χ3v) is 6.05. The first kappa shape index (κ1) is 22.1. The van der Waals surface area contributed by atoms with Gasteiger partial charge in [0, 0.05) is 12.1 Å². The second kappa shape index (κ2) is 9.93. The van der Waals surface area contributed by atoms with E-state index in [1.807, 2.05) is 6.92 Å². The van der Waals surface area contributed by atoms with Crippen LogP contribution in [0.25, 0.3) is 10.9 Å². The predicted octanol–water partition coefficient (Wildman–Crippen LogP) is 1.04. The molecule has 30 heavy (non-hydrogen) atoms. The van der Waals surface area contributed by atoms with Crippen LogP contribution < -0.4 is 25.2 Å². The first-order valence-electron chi connectivity index (χ1n) is 10.7. The van der Waals surface area contributed by atoms with Gasteiger partial charge < -0.3 is 24.7 Å². The molecule has 1 aliphatic carbocycles. The molecule has 0 bridgehead atoms. The van der Waals surface area contributed by atoms with E-state index in [4.69, 9.17) is 9.47 Å². The first-order valence-corrected chi connectivity index (χ1v) is 10.7. The Balaban J connectivity index is 1.73. The van der Waals surface area contributed by atoms with E-state index in [-0.39, 0.29) is 17.5 Å². The fraction of sp³-hybridized carbons (Fsp3) is 0.591. The molecule has 1 heterocycles. The van der Waals surface area contributed by atoms with Crippen molar-refractivity contribution < 1.29 is 19.2 Å². The molecule has 1 aromatic carbocycles. The molecule has 8 nitrogen and oxygen atoms in total. The number of carbonyl (C=O) groups excluding carboxylic acids is 1. The van der Waals surface area contributed by atoms with E-state index < -0.39 is 0 Å². The standard InChI is InChI=1S/C22H32N4O4/c1-5-26(13-21(27)24-16-9-7-6-8-14(16)2)12-20-23-17-11-19(30-4)18(29-3)10-15(17)22(28)25-20/h10-11,14,16H,5-9,12-13H2,1-4H3,(H,24,27)(H,23,25,28)/p+1/t14-,16+/m0/s1. The first-order chi connectivity index (χ1) is 14.4. The molecular weight excluding hydrogens is 384 g/mol. The van der Waals surface area contributed by atoms with Crippen molar-refractivity contribution in [3.05, 3.63) is 28.3 Å². The van der Waals surface area contributed by atoms with Crippen LogP contribution in [0, 0.1) is 5.92 Å². The van der Waals surface area contributed by atoms with Gasteiger partial charge in [0.25, 0.3) is 11.5 Å². The molecule has 1 unspecified atom stereocenters. The summed E-state index contributed by atoms with van der Waals surface area (Å²) in [6, 6.07) is 3.60. The van der Waals surface area contributed by atoms with E-state index in [0.717, 1.165) is 17.9 Å². The van der Waals surface area contributed by atoms with Crippen molar-refractivity contribution in [3.8, 4) is 11.5 Å². The van der Waals surface area contributed by atoms with Crippen LogP contribution in [0.1, 0.15) is 45.4 Å². The lowest BCUT2D eigenvalue weighted by Crippen LogP contribution is -3.11. The summed E-state index contributed by atoms with van der Waals surface area (Å²) >= 11 is 0. The smallest absolute Gasteiger partial charge is 0.275 e. The molecule has 1 fully saturated rings. The average Bonchev–Trinajstić information content (AvgIpc) is 2.74. The summed E-state index contributed by atoms with van der Waals surface area (Å²) in [6.45, 7) is 5.80. The number of benzene rings is 1. The lowest BCUT2D eigenvalue weighted by Gasteiger charge is -2.29. The average molecular weight is 418 g/mol. The summed E-state index contributed by atoms with van der Waals surface area (Å²) in [7, 11) is 3.08. The fourth-order valence-electron chi connectivity index (χ4n) is 4.16. The maximum Gasteiger partial charge on any atom is 0.275 e. The van der Waals surface area contributed by atoms with Gasteiger partial charge >= 0.3 is 0 Å². The molecule has 0 spiro atoms. The minimum absolute atomic E-state index is 0.0557. The maximum atomic E-state index is 12.6. The zero-order chi connectivity index (χ0) is 21.7. The number of H-pyrrole nitrogens is 1. The monoisotopic (exact) mass is 417 g/mol. The van der Waals surface area contributed by atoms with Crippen LogP contribution in [0.3, 0.4) is 0 Å². The van der Waals surface area contributed by atoms with Gasteiger partial charge in [0.2, 0.25) is 0 Å². The summed E-state index contributed by atoms with van der Waals surface area (Å²) in [5.41, 5.74) is 0.314. The largest absolute Gasteiger partial charge is 0.493 e. The van der Waals surface area contributed by atoms with Crippen LogP contribution >= 0.6 is 0 Å². The highest BCUT2D eigenvalue weighted by molar-refractivity contribution is 5.81. The second-order valence-electron chi connectivity index (χ2n) is 8.13. The van der Waals surface area contributed by atoms with E-state index >= 15 is 0 Å². The quantitative estimate of drug-likeness (QED) is 0.596. The zero-order valence-corrected chi connectivity index (χ0v) is 18.3. The van der Waals surface area contributed by atoms with E-state index in [0.29, 0.717) is 47.2 Å². The van der Waals surface area contributed by atoms with E-state index in [1.165, 1.54) is 26.4 Å². The van der Waals surface area contributed by atoms with Crippen molar-refractivity contribution in [3.63, 3.8) is 0 Å². The Morgan fingerprint density at radius 2 is 1.93 bits per heavy atom. The third kappa shape index (κ3) is 5.11. The number of carbonyl (C=O) groups is 1. The Morgan fingerprint density at radius 1 is 1.23 bits per heavy atom. The van der Waals surface area contributed by atoms with Crippen molar-refractivity contribution in [1.29, 1.82) is 0 Å². The number of nitrogens with one attached hydrogen (secondary N) is 3. The van der Waals surface area contributed by atoms with Gasteiger partial charge in [-0.3, -0.25) is 9.59 Å². The van der Waals surface area contributed by atoms with Crippen molar-refractivity contribution in [2.75, 3.05) is 27.3 Å². The van der Waals surface area contributed by atoms with Gasteiger partial charge in [-0.2, -0.15) is 0 Å². The molecular formula is C22H33N4O4+. The minimum atomic E-state index is -0.230. The highest BCUT2D eigenvalue weighted by Gasteiger charge is 2.24. The van der Waals surface area contributed by atoms with Crippen molar-refractivity contribution in [2.24, 2.45) is 5.92 Å². The molecule has 1 aromatic heterocycles. The Bertz CT molecular complexity index is 943. The van der Waals surface area contributed by atoms with Gasteiger partial charge in [-0.1, -0.05) is 19.8 Å². The number of fused-ring (bicyclic) bond motifs is 1. The number of ether oxygens (including phenoxy) is 2. The maximum absolute atomic E-state index is 12.6.